The van der Waals surface area contributed by atoms with E-state index in [1.54, 1.807) is 6.20 Å². The minimum absolute atomic E-state index is 0.0660. The molecule has 2 unspecified atom stereocenters. The molecule has 0 amide bonds. The molecule has 0 spiro atoms. The number of rotatable bonds is 3. The van der Waals surface area contributed by atoms with E-state index in [0.717, 1.165) is 5.82 Å². The van der Waals surface area contributed by atoms with E-state index in [2.05, 4.69) is 28.0 Å². The zero-order valence-corrected chi connectivity index (χ0v) is 10.1. The highest BCUT2D eigenvalue weighted by atomic mass is 15.4. The summed E-state index contributed by atoms with van der Waals surface area (Å²) >= 11 is 0. The molecule has 90 valence electrons. The maximum absolute atomic E-state index is 6.12. The van der Waals surface area contributed by atoms with Crippen LogP contribution >= 0.6 is 0 Å². The Kier molecular flexibility index (Phi) is 3.26. The van der Waals surface area contributed by atoms with E-state index in [-0.39, 0.29) is 11.6 Å². The Hall–Kier alpha value is -1.65. The van der Waals surface area contributed by atoms with Crippen LogP contribution in [0, 0.1) is 0 Å². The van der Waals surface area contributed by atoms with Crippen LogP contribution in [0.4, 0.5) is 5.82 Å². The molecule has 2 atom stereocenters. The summed E-state index contributed by atoms with van der Waals surface area (Å²) in [5.41, 5.74) is 13.3. The van der Waals surface area contributed by atoms with Crippen molar-refractivity contribution in [3.8, 4) is 0 Å². The van der Waals surface area contributed by atoms with Crippen LogP contribution in [0.5, 0.6) is 0 Å². The van der Waals surface area contributed by atoms with Gasteiger partial charge in [-0.2, -0.15) is 0 Å². The number of hydrazine groups is 1. The van der Waals surface area contributed by atoms with Gasteiger partial charge in [0, 0.05) is 12.2 Å². The smallest absolute Gasteiger partial charge is 0.140 e. The first-order valence-corrected chi connectivity index (χ1v) is 5.68. The van der Waals surface area contributed by atoms with Crippen LogP contribution in [0.15, 0.2) is 48.2 Å². The van der Waals surface area contributed by atoms with Crippen LogP contribution in [0.1, 0.15) is 13.8 Å². The molecule has 2 rings (SSSR count). The fourth-order valence-corrected chi connectivity index (χ4v) is 1.69. The van der Waals surface area contributed by atoms with Crippen LogP contribution < -0.4 is 16.6 Å². The topological polar surface area (TPSA) is 63.0 Å². The minimum Gasteiger partial charge on any atom is -0.323 e. The highest BCUT2D eigenvalue weighted by molar-refractivity contribution is 5.36. The fourth-order valence-electron chi connectivity index (χ4n) is 1.69. The third kappa shape index (κ3) is 2.72. The standard InChI is InChI=1S/C13H18N4/c1-10-6-7-13(2,11(14)9-10)17-16-12-5-3-4-8-15-12/h3-9,11,17H,14H2,1-2H3,(H,15,16). The lowest BCUT2D eigenvalue weighted by Crippen LogP contribution is -2.56. The molecule has 0 aliphatic heterocycles. The summed E-state index contributed by atoms with van der Waals surface area (Å²) in [5, 5.41) is 0. The van der Waals surface area contributed by atoms with Crippen molar-refractivity contribution < 1.29 is 0 Å². The average molecular weight is 230 g/mol. The van der Waals surface area contributed by atoms with Crippen LogP contribution in [-0.4, -0.2) is 16.6 Å². The molecule has 4 nitrogen and oxygen atoms in total. The second-order valence-electron chi connectivity index (χ2n) is 4.52. The summed E-state index contributed by atoms with van der Waals surface area (Å²) in [6, 6.07) is 5.64. The Morgan fingerprint density at radius 1 is 1.41 bits per heavy atom. The summed E-state index contributed by atoms with van der Waals surface area (Å²) in [4.78, 5) is 4.18. The van der Waals surface area contributed by atoms with Crippen molar-refractivity contribution in [3.63, 3.8) is 0 Å². The van der Waals surface area contributed by atoms with Gasteiger partial charge in [-0.05, 0) is 26.0 Å². The molecule has 4 N–H and O–H groups in total. The van der Waals surface area contributed by atoms with Gasteiger partial charge in [-0.3, -0.25) is 0 Å². The first kappa shape index (κ1) is 11.8. The zero-order chi connectivity index (χ0) is 12.3. The Morgan fingerprint density at radius 2 is 2.24 bits per heavy atom. The van der Waals surface area contributed by atoms with E-state index in [0.29, 0.717) is 0 Å². The lowest BCUT2D eigenvalue weighted by atomic mass is 9.87. The van der Waals surface area contributed by atoms with Crippen LogP contribution in [0.25, 0.3) is 0 Å². The van der Waals surface area contributed by atoms with Gasteiger partial charge < -0.3 is 11.2 Å². The Labute approximate surface area is 102 Å². The molecular weight excluding hydrogens is 212 g/mol. The fraction of sp³-hybridized carbons (Fsp3) is 0.308. The van der Waals surface area contributed by atoms with E-state index in [1.807, 2.05) is 38.1 Å². The van der Waals surface area contributed by atoms with Gasteiger partial charge in [0.1, 0.15) is 5.82 Å². The molecule has 0 aromatic carbocycles. The van der Waals surface area contributed by atoms with Gasteiger partial charge in [0.25, 0.3) is 0 Å². The molecular formula is C13H18N4. The monoisotopic (exact) mass is 230 g/mol. The van der Waals surface area contributed by atoms with Crippen LogP contribution in [0.3, 0.4) is 0 Å². The Balaban J connectivity index is 2.02. The van der Waals surface area contributed by atoms with Crippen molar-refractivity contribution in [1.29, 1.82) is 0 Å². The van der Waals surface area contributed by atoms with Gasteiger partial charge in [0.15, 0.2) is 0 Å². The molecule has 1 aliphatic carbocycles. The van der Waals surface area contributed by atoms with Crippen LogP contribution in [-0.2, 0) is 0 Å². The zero-order valence-electron chi connectivity index (χ0n) is 10.1. The van der Waals surface area contributed by atoms with Gasteiger partial charge in [-0.15, -0.1) is 0 Å². The van der Waals surface area contributed by atoms with Crippen molar-refractivity contribution in [2.75, 3.05) is 5.43 Å². The van der Waals surface area contributed by atoms with E-state index < -0.39 is 0 Å². The number of aromatic nitrogens is 1. The molecule has 0 radical (unpaired) electrons. The Bertz CT molecular complexity index is 438. The molecule has 17 heavy (non-hydrogen) atoms. The summed E-state index contributed by atoms with van der Waals surface area (Å²) in [7, 11) is 0. The van der Waals surface area contributed by atoms with Gasteiger partial charge in [-0.25, -0.2) is 10.4 Å². The summed E-state index contributed by atoms with van der Waals surface area (Å²) < 4.78 is 0. The minimum atomic E-state index is -0.309. The van der Waals surface area contributed by atoms with E-state index in [1.165, 1.54) is 5.57 Å². The molecule has 0 saturated carbocycles. The molecule has 4 heteroatoms. The lowest BCUT2D eigenvalue weighted by molar-refractivity contribution is 0.423. The maximum atomic E-state index is 6.12. The SMILES string of the molecule is CC1=CC(N)C(C)(NNc2ccccn2)C=C1. The normalized spacial score (nSPS) is 27.7. The molecule has 0 bridgehead atoms. The highest BCUT2D eigenvalue weighted by Crippen LogP contribution is 2.19. The molecule has 1 aromatic rings. The summed E-state index contributed by atoms with van der Waals surface area (Å²) in [5.74, 6) is 0.778. The lowest BCUT2D eigenvalue weighted by Gasteiger charge is -2.34. The summed E-state index contributed by atoms with van der Waals surface area (Å²) in [6.45, 7) is 4.09. The number of hydrogen-bond donors (Lipinski definition) is 3. The average Bonchev–Trinajstić information content (AvgIpc) is 2.34. The van der Waals surface area contributed by atoms with E-state index in [9.17, 15) is 0 Å². The number of nitrogens with zero attached hydrogens (tertiary/aromatic N) is 1. The quantitative estimate of drug-likeness (QED) is 0.690. The van der Waals surface area contributed by atoms with Gasteiger partial charge in [0.2, 0.25) is 0 Å². The number of pyridine rings is 1. The van der Waals surface area contributed by atoms with Gasteiger partial charge in [0.05, 0.1) is 5.54 Å². The number of nitrogens with two attached hydrogens (primary N) is 1. The van der Waals surface area contributed by atoms with Gasteiger partial charge in [-0.1, -0.05) is 29.9 Å². The first-order valence-electron chi connectivity index (χ1n) is 5.68. The molecule has 1 aliphatic rings. The van der Waals surface area contributed by atoms with E-state index >= 15 is 0 Å². The second kappa shape index (κ2) is 4.69. The highest BCUT2D eigenvalue weighted by Gasteiger charge is 2.29. The third-order valence-corrected chi connectivity index (χ3v) is 2.95. The molecule has 1 heterocycles. The van der Waals surface area contributed by atoms with E-state index in [4.69, 9.17) is 5.73 Å². The third-order valence-electron chi connectivity index (χ3n) is 2.95. The van der Waals surface area contributed by atoms with Crippen molar-refractivity contribution >= 4 is 5.82 Å². The number of nitrogens with one attached hydrogen (secondary N) is 2. The number of hydrogen-bond acceptors (Lipinski definition) is 4. The largest absolute Gasteiger partial charge is 0.323 e. The Morgan fingerprint density at radius 3 is 2.88 bits per heavy atom. The molecule has 1 aromatic heterocycles. The molecule has 0 saturated heterocycles. The molecule has 0 fully saturated rings. The second-order valence-corrected chi connectivity index (χ2v) is 4.52. The predicted molar refractivity (Wildman–Crippen MR) is 70.3 cm³/mol. The first-order chi connectivity index (χ1) is 8.10. The maximum Gasteiger partial charge on any atom is 0.140 e. The van der Waals surface area contributed by atoms with Gasteiger partial charge >= 0.3 is 0 Å². The predicted octanol–water partition coefficient (Wildman–Crippen LogP) is 1.60. The van der Waals surface area contributed by atoms with Crippen molar-refractivity contribution in [2.45, 2.75) is 25.4 Å². The number of anilines is 1. The number of allylic oxidation sites excluding steroid dienone is 2. The summed E-state index contributed by atoms with van der Waals surface area (Å²) in [6.07, 6.45) is 7.93. The van der Waals surface area contributed by atoms with Crippen molar-refractivity contribution in [3.05, 3.63) is 48.2 Å². The van der Waals surface area contributed by atoms with Crippen LogP contribution in [0.2, 0.25) is 0 Å². The van der Waals surface area contributed by atoms with Crippen molar-refractivity contribution in [2.24, 2.45) is 5.73 Å². The van der Waals surface area contributed by atoms with Crippen molar-refractivity contribution in [1.82, 2.24) is 10.4 Å².